The fourth-order valence-electron chi connectivity index (χ4n) is 2.17. The van der Waals surface area contributed by atoms with E-state index in [2.05, 4.69) is 22.2 Å². The number of H-pyrrole nitrogens is 1. The molecule has 4 nitrogen and oxygen atoms in total. The average Bonchev–Trinajstić information content (AvgIpc) is 2.95. The molecule has 1 saturated carbocycles. The van der Waals surface area contributed by atoms with Crippen molar-refractivity contribution in [1.82, 2.24) is 9.97 Å². The molecule has 1 aliphatic carbocycles. The van der Waals surface area contributed by atoms with Gasteiger partial charge in [-0.3, -0.25) is 4.79 Å². The van der Waals surface area contributed by atoms with Crippen LogP contribution in [-0.2, 0) is 0 Å². The fraction of sp³-hybridized carbons (Fsp3) is 0.667. The Morgan fingerprint density at radius 2 is 2.31 bits per heavy atom. The monoisotopic (exact) mass is 221 g/mol. The van der Waals surface area contributed by atoms with Crippen LogP contribution in [0.3, 0.4) is 0 Å². The molecule has 0 amide bonds. The molecule has 1 aromatic heterocycles. The maximum Gasteiger partial charge on any atom is 0.252 e. The lowest BCUT2D eigenvalue weighted by Crippen LogP contribution is -2.18. The molecule has 1 fully saturated rings. The van der Waals surface area contributed by atoms with Gasteiger partial charge in [0.1, 0.15) is 11.6 Å². The summed E-state index contributed by atoms with van der Waals surface area (Å²) in [6.07, 6.45) is 5.09. The normalized spacial score (nSPS) is 17.1. The fourth-order valence-corrected chi connectivity index (χ4v) is 2.17. The van der Waals surface area contributed by atoms with Crippen molar-refractivity contribution in [3.63, 3.8) is 0 Å². The number of hydrogen-bond donors (Lipinski definition) is 2. The highest BCUT2D eigenvalue weighted by Crippen LogP contribution is 2.49. The second-order valence-electron chi connectivity index (χ2n) is 4.82. The SMILES string of the molecule is CCCC1(CNc2cc(=O)[nH]c(C)n2)CC1. The molecule has 0 atom stereocenters. The molecule has 0 bridgehead atoms. The zero-order valence-electron chi connectivity index (χ0n) is 9.97. The molecule has 0 unspecified atom stereocenters. The lowest BCUT2D eigenvalue weighted by molar-refractivity contribution is 0.485. The minimum absolute atomic E-state index is 0.0876. The van der Waals surface area contributed by atoms with E-state index in [4.69, 9.17) is 0 Å². The van der Waals surface area contributed by atoms with Crippen LogP contribution < -0.4 is 10.9 Å². The maximum absolute atomic E-state index is 11.2. The van der Waals surface area contributed by atoms with Crippen molar-refractivity contribution in [1.29, 1.82) is 0 Å². The van der Waals surface area contributed by atoms with Gasteiger partial charge in [0.25, 0.3) is 5.56 Å². The summed E-state index contributed by atoms with van der Waals surface area (Å²) in [5.41, 5.74) is 0.391. The van der Waals surface area contributed by atoms with Gasteiger partial charge < -0.3 is 10.3 Å². The molecule has 2 rings (SSSR count). The summed E-state index contributed by atoms with van der Waals surface area (Å²) < 4.78 is 0. The van der Waals surface area contributed by atoms with Crippen LogP contribution in [0.5, 0.6) is 0 Å². The lowest BCUT2D eigenvalue weighted by Gasteiger charge is -2.15. The lowest BCUT2D eigenvalue weighted by atomic mass is 10.0. The van der Waals surface area contributed by atoms with E-state index in [1.54, 1.807) is 6.92 Å². The number of hydrogen-bond acceptors (Lipinski definition) is 3. The van der Waals surface area contributed by atoms with E-state index in [9.17, 15) is 4.79 Å². The van der Waals surface area contributed by atoms with Gasteiger partial charge in [-0.1, -0.05) is 13.3 Å². The highest BCUT2D eigenvalue weighted by molar-refractivity contribution is 5.33. The molecule has 16 heavy (non-hydrogen) atoms. The van der Waals surface area contributed by atoms with Crippen LogP contribution in [0.15, 0.2) is 10.9 Å². The van der Waals surface area contributed by atoms with E-state index in [0.717, 1.165) is 6.54 Å². The highest BCUT2D eigenvalue weighted by atomic mass is 16.1. The van der Waals surface area contributed by atoms with Crippen molar-refractivity contribution in [2.45, 2.75) is 39.5 Å². The van der Waals surface area contributed by atoms with Crippen LogP contribution >= 0.6 is 0 Å². The average molecular weight is 221 g/mol. The number of anilines is 1. The Bertz CT molecular complexity index is 421. The topological polar surface area (TPSA) is 57.8 Å². The minimum Gasteiger partial charge on any atom is -0.369 e. The van der Waals surface area contributed by atoms with E-state index in [1.807, 2.05) is 0 Å². The van der Waals surface area contributed by atoms with Crippen LogP contribution in [0.2, 0.25) is 0 Å². The van der Waals surface area contributed by atoms with Gasteiger partial charge in [0.15, 0.2) is 0 Å². The quantitative estimate of drug-likeness (QED) is 0.800. The first kappa shape index (κ1) is 11.2. The molecule has 0 radical (unpaired) electrons. The minimum atomic E-state index is -0.0876. The van der Waals surface area contributed by atoms with Crippen LogP contribution in [0, 0.1) is 12.3 Å². The van der Waals surface area contributed by atoms with Gasteiger partial charge in [0.05, 0.1) is 0 Å². The van der Waals surface area contributed by atoms with Crippen molar-refractivity contribution in [2.24, 2.45) is 5.41 Å². The number of aromatic nitrogens is 2. The van der Waals surface area contributed by atoms with Gasteiger partial charge in [0, 0.05) is 12.6 Å². The van der Waals surface area contributed by atoms with E-state index in [1.165, 1.54) is 31.7 Å². The van der Waals surface area contributed by atoms with Crippen molar-refractivity contribution < 1.29 is 0 Å². The Morgan fingerprint density at radius 3 is 2.88 bits per heavy atom. The van der Waals surface area contributed by atoms with Crippen molar-refractivity contribution >= 4 is 5.82 Å². The summed E-state index contributed by atoms with van der Waals surface area (Å²) in [6, 6.07) is 1.52. The molecule has 4 heteroatoms. The standard InChI is InChI=1S/C12H19N3O/c1-3-4-12(5-6-12)8-13-10-7-11(16)15-9(2)14-10/h7H,3-6,8H2,1-2H3,(H2,13,14,15,16). The number of aromatic amines is 1. The Labute approximate surface area is 95.5 Å². The third kappa shape index (κ3) is 2.62. The molecule has 2 N–H and O–H groups in total. The maximum atomic E-state index is 11.2. The summed E-state index contributed by atoms with van der Waals surface area (Å²) in [6.45, 7) is 4.96. The first-order chi connectivity index (χ1) is 7.63. The summed E-state index contributed by atoms with van der Waals surface area (Å²) in [5.74, 6) is 1.36. The van der Waals surface area contributed by atoms with E-state index in [-0.39, 0.29) is 5.56 Å². The Kier molecular flexibility index (Phi) is 2.99. The molecule has 1 aliphatic rings. The third-order valence-corrected chi connectivity index (χ3v) is 3.24. The zero-order valence-corrected chi connectivity index (χ0v) is 9.97. The number of aryl methyl sites for hydroxylation is 1. The smallest absolute Gasteiger partial charge is 0.252 e. The van der Waals surface area contributed by atoms with Crippen LogP contribution in [-0.4, -0.2) is 16.5 Å². The van der Waals surface area contributed by atoms with E-state index in [0.29, 0.717) is 17.1 Å². The van der Waals surface area contributed by atoms with Gasteiger partial charge in [-0.25, -0.2) is 4.98 Å². The molecular formula is C12H19N3O. The predicted molar refractivity (Wildman–Crippen MR) is 64.7 cm³/mol. The second kappa shape index (κ2) is 4.28. The molecule has 0 saturated heterocycles. The van der Waals surface area contributed by atoms with Crippen LogP contribution in [0.4, 0.5) is 5.82 Å². The molecule has 1 heterocycles. The van der Waals surface area contributed by atoms with Gasteiger partial charge >= 0.3 is 0 Å². The predicted octanol–water partition coefficient (Wildman–Crippen LogP) is 2.07. The summed E-state index contributed by atoms with van der Waals surface area (Å²) in [4.78, 5) is 18.1. The summed E-state index contributed by atoms with van der Waals surface area (Å²) in [7, 11) is 0. The molecule has 0 aliphatic heterocycles. The first-order valence-corrected chi connectivity index (χ1v) is 5.95. The molecule has 1 aromatic rings. The number of rotatable bonds is 5. The zero-order chi connectivity index (χ0) is 11.6. The molecule has 88 valence electrons. The van der Waals surface area contributed by atoms with Crippen molar-refractivity contribution in [3.05, 3.63) is 22.2 Å². The van der Waals surface area contributed by atoms with Crippen LogP contribution in [0.1, 0.15) is 38.4 Å². The van der Waals surface area contributed by atoms with Crippen molar-refractivity contribution in [3.8, 4) is 0 Å². The van der Waals surface area contributed by atoms with Gasteiger partial charge in [-0.15, -0.1) is 0 Å². The van der Waals surface area contributed by atoms with Gasteiger partial charge in [-0.05, 0) is 31.6 Å². The Hall–Kier alpha value is -1.32. The van der Waals surface area contributed by atoms with Gasteiger partial charge in [-0.2, -0.15) is 0 Å². The van der Waals surface area contributed by atoms with E-state index < -0.39 is 0 Å². The Balaban J connectivity index is 1.97. The van der Waals surface area contributed by atoms with E-state index >= 15 is 0 Å². The van der Waals surface area contributed by atoms with Crippen molar-refractivity contribution in [2.75, 3.05) is 11.9 Å². The highest BCUT2D eigenvalue weighted by Gasteiger charge is 2.41. The Morgan fingerprint density at radius 1 is 1.56 bits per heavy atom. The van der Waals surface area contributed by atoms with Gasteiger partial charge in [0.2, 0.25) is 0 Å². The largest absolute Gasteiger partial charge is 0.369 e. The summed E-state index contributed by atoms with van der Waals surface area (Å²) in [5, 5.41) is 3.28. The molecular weight excluding hydrogens is 202 g/mol. The van der Waals surface area contributed by atoms with Crippen LogP contribution in [0.25, 0.3) is 0 Å². The number of nitrogens with one attached hydrogen (secondary N) is 2. The summed E-state index contributed by atoms with van der Waals surface area (Å²) >= 11 is 0. The first-order valence-electron chi connectivity index (χ1n) is 5.95. The molecule has 0 aromatic carbocycles. The third-order valence-electron chi connectivity index (χ3n) is 3.24. The molecule has 0 spiro atoms. The number of nitrogens with zero attached hydrogens (tertiary/aromatic N) is 1. The second-order valence-corrected chi connectivity index (χ2v) is 4.82.